The van der Waals surface area contributed by atoms with Gasteiger partial charge in [0.1, 0.15) is 16.6 Å². The highest BCUT2D eigenvalue weighted by Gasteiger charge is 2.18. The number of nitrogens with zero attached hydrogens (tertiary/aromatic N) is 1. The minimum absolute atomic E-state index is 0.0775. The average molecular weight is 334 g/mol. The fourth-order valence-corrected chi connectivity index (χ4v) is 2.64. The summed E-state index contributed by atoms with van der Waals surface area (Å²) in [4.78, 5) is 11.6. The van der Waals surface area contributed by atoms with Gasteiger partial charge in [-0.1, -0.05) is 19.9 Å². The Morgan fingerprint density at radius 3 is 2.41 bits per heavy atom. The number of carbonyl (C=O) groups is 1. The first-order valence-corrected chi connectivity index (χ1v) is 8.84. The van der Waals surface area contributed by atoms with Crippen LogP contribution in [0, 0.1) is 0 Å². The first-order valence-electron chi connectivity index (χ1n) is 7.67. The number of carbonyl (C=O) groups excluding carboxylic acids is 1. The standard InChI is InChI=1S/C13H24N2O4S.C2H6/c1-13(2,3)19-12(16)10-11(14)4-9-20(17)15-5-7-18-8-6-15;1-2/h4,9,11H,5-8,10,14H2,1-3H3;1-2H3/b9-4+;. The van der Waals surface area contributed by atoms with Crippen LogP contribution in [0.15, 0.2) is 11.5 Å². The third kappa shape index (κ3) is 10.0. The molecule has 0 radical (unpaired) electrons. The van der Waals surface area contributed by atoms with Crippen LogP contribution in [-0.4, -0.2) is 52.4 Å². The number of ether oxygens (including phenoxy) is 2. The Kier molecular flexibility index (Phi) is 10.5. The molecule has 2 N–H and O–H groups in total. The monoisotopic (exact) mass is 334 g/mol. The predicted octanol–water partition coefficient (Wildman–Crippen LogP) is 1.58. The highest BCUT2D eigenvalue weighted by molar-refractivity contribution is 7.85. The summed E-state index contributed by atoms with van der Waals surface area (Å²) >= 11 is 0. The molecule has 22 heavy (non-hydrogen) atoms. The van der Waals surface area contributed by atoms with Crippen molar-refractivity contribution in [3.63, 3.8) is 0 Å². The molecule has 1 heterocycles. The van der Waals surface area contributed by atoms with Crippen LogP contribution >= 0.6 is 0 Å². The smallest absolute Gasteiger partial charge is 0.308 e. The third-order valence-electron chi connectivity index (χ3n) is 2.49. The molecule has 1 rings (SSSR count). The van der Waals surface area contributed by atoms with Gasteiger partial charge in [-0.3, -0.25) is 4.79 Å². The van der Waals surface area contributed by atoms with Gasteiger partial charge in [0.15, 0.2) is 0 Å². The van der Waals surface area contributed by atoms with Gasteiger partial charge in [-0.25, -0.2) is 8.51 Å². The molecular weight excluding hydrogens is 304 g/mol. The van der Waals surface area contributed by atoms with Gasteiger partial charge in [-0.15, -0.1) is 0 Å². The lowest BCUT2D eigenvalue weighted by atomic mass is 10.2. The summed E-state index contributed by atoms with van der Waals surface area (Å²) in [5, 5.41) is 1.53. The van der Waals surface area contributed by atoms with E-state index in [0.717, 1.165) is 0 Å². The van der Waals surface area contributed by atoms with E-state index in [0.29, 0.717) is 26.3 Å². The quantitative estimate of drug-likeness (QED) is 0.772. The molecule has 0 aromatic heterocycles. The van der Waals surface area contributed by atoms with Crippen molar-refractivity contribution < 1.29 is 18.5 Å². The van der Waals surface area contributed by atoms with Crippen LogP contribution in [-0.2, 0) is 25.3 Å². The van der Waals surface area contributed by atoms with Crippen molar-refractivity contribution in [2.75, 3.05) is 26.3 Å². The lowest BCUT2D eigenvalue weighted by Gasteiger charge is -2.24. The van der Waals surface area contributed by atoms with Crippen LogP contribution in [0.2, 0.25) is 0 Å². The molecule has 2 unspecified atom stereocenters. The molecule has 1 fully saturated rings. The summed E-state index contributed by atoms with van der Waals surface area (Å²) in [7, 11) is -1.22. The highest BCUT2D eigenvalue weighted by Crippen LogP contribution is 2.09. The lowest BCUT2D eigenvalue weighted by Crippen LogP contribution is -2.36. The van der Waals surface area contributed by atoms with Crippen LogP contribution < -0.4 is 5.73 Å². The van der Waals surface area contributed by atoms with Gasteiger partial charge in [0.05, 0.1) is 19.6 Å². The largest absolute Gasteiger partial charge is 0.460 e. The number of morpholine rings is 1. The predicted molar refractivity (Wildman–Crippen MR) is 89.5 cm³/mol. The first kappa shape index (κ1) is 21.2. The van der Waals surface area contributed by atoms with Crippen molar-refractivity contribution in [2.45, 2.75) is 52.7 Å². The Bertz CT molecular complexity index is 374. The summed E-state index contributed by atoms with van der Waals surface area (Å²) in [6, 6.07) is -0.491. The van der Waals surface area contributed by atoms with E-state index in [-0.39, 0.29) is 12.4 Å². The van der Waals surface area contributed by atoms with Gasteiger partial charge in [0, 0.05) is 24.5 Å². The molecule has 0 spiro atoms. The van der Waals surface area contributed by atoms with Gasteiger partial charge in [-0.05, 0) is 20.8 Å². The maximum atomic E-state index is 11.9. The average Bonchev–Trinajstić information content (AvgIpc) is 2.45. The summed E-state index contributed by atoms with van der Waals surface area (Å²) in [6.07, 6.45) is 1.67. The van der Waals surface area contributed by atoms with Crippen LogP contribution in [0.5, 0.6) is 0 Å². The van der Waals surface area contributed by atoms with E-state index in [4.69, 9.17) is 15.2 Å². The number of hydrogen-bond donors (Lipinski definition) is 1. The van der Waals surface area contributed by atoms with Crippen LogP contribution in [0.1, 0.15) is 41.0 Å². The van der Waals surface area contributed by atoms with E-state index in [1.54, 1.807) is 31.2 Å². The Morgan fingerprint density at radius 2 is 1.91 bits per heavy atom. The molecule has 1 aliphatic rings. The van der Waals surface area contributed by atoms with Crippen molar-refractivity contribution in [1.82, 2.24) is 4.31 Å². The van der Waals surface area contributed by atoms with E-state index in [2.05, 4.69) is 0 Å². The normalized spacial score (nSPS) is 19.2. The maximum absolute atomic E-state index is 11.9. The van der Waals surface area contributed by atoms with Gasteiger partial charge in [-0.2, -0.15) is 0 Å². The van der Waals surface area contributed by atoms with Crippen molar-refractivity contribution >= 4 is 17.0 Å². The summed E-state index contributed by atoms with van der Waals surface area (Å²) in [5.41, 5.74) is 5.29. The van der Waals surface area contributed by atoms with Gasteiger partial charge in [0.25, 0.3) is 0 Å². The second-order valence-electron chi connectivity index (χ2n) is 5.60. The number of nitrogens with two attached hydrogens (primary N) is 1. The highest BCUT2D eigenvalue weighted by atomic mass is 32.2. The molecule has 6 nitrogen and oxygen atoms in total. The zero-order chi connectivity index (χ0) is 17.2. The molecule has 0 bridgehead atoms. The first-order chi connectivity index (χ1) is 10.3. The molecule has 2 atom stereocenters. The molecule has 0 amide bonds. The molecule has 0 aliphatic carbocycles. The van der Waals surface area contributed by atoms with Crippen LogP contribution in [0.25, 0.3) is 0 Å². The summed E-state index contributed by atoms with van der Waals surface area (Å²) in [6.45, 7) is 11.9. The van der Waals surface area contributed by atoms with E-state index < -0.39 is 22.6 Å². The van der Waals surface area contributed by atoms with Crippen molar-refractivity contribution in [3.8, 4) is 0 Å². The lowest BCUT2D eigenvalue weighted by molar-refractivity contribution is -0.154. The van der Waals surface area contributed by atoms with Crippen LogP contribution in [0.4, 0.5) is 0 Å². The zero-order valence-corrected chi connectivity index (χ0v) is 15.1. The minimum Gasteiger partial charge on any atom is -0.460 e. The van der Waals surface area contributed by atoms with E-state index >= 15 is 0 Å². The second-order valence-corrected chi connectivity index (χ2v) is 6.94. The SMILES string of the molecule is CC.CC(C)(C)OC(=O)CC(N)/C=C/S(=O)N1CCOCC1. The number of rotatable bonds is 5. The fraction of sp³-hybridized carbons (Fsp3) is 0.800. The molecule has 130 valence electrons. The van der Waals surface area contributed by atoms with E-state index in [1.165, 1.54) is 5.41 Å². The van der Waals surface area contributed by atoms with Crippen LogP contribution in [0.3, 0.4) is 0 Å². The Morgan fingerprint density at radius 1 is 1.36 bits per heavy atom. The van der Waals surface area contributed by atoms with Crippen molar-refractivity contribution in [3.05, 3.63) is 11.5 Å². The molecular formula is C15H30N2O4S. The number of hydrogen-bond acceptors (Lipinski definition) is 5. The Balaban J connectivity index is 0.00000211. The zero-order valence-electron chi connectivity index (χ0n) is 14.3. The minimum atomic E-state index is -1.22. The topological polar surface area (TPSA) is 81.9 Å². The van der Waals surface area contributed by atoms with Crippen molar-refractivity contribution in [1.29, 1.82) is 0 Å². The van der Waals surface area contributed by atoms with Crippen molar-refractivity contribution in [2.24, 2.45) is 5.73 Å². The molecule has 0 aromatic carbocycles. The Labute approximate surface area is 136 Å². The van der Waals surface area contributed by atoms with Gasteiger partial charge < -0.3 is 15.2 Å². The maximum Gasteiger partial charge on any atom is 0.308 e. The summed E-state index contributed by atoms with van der Waals surface area (Å²) < 4.78 is 24.1. The Hall–Kier alpha value is -0.760. The second kappa shape index (κ2) is 10.9. The molecule has 0 aromatic rings. The van der Waals surface area contributed by atoms with Gasteiger partial charge in [0.2, 0.25) is 0 Å². The van der Waals surface area contributed by atoms with E-state index in [1.807, 2.05) is 13.8 Å². The van der Waals surface area contributed by atoms with E-state index in [9.17, 15) is 9.00 Å². The molecule has 7 heteroatoms. The van der Waals surface area contributed by atoms with Gasteiger partial charge >= 0.3 is 5.97 Å². The third-order valence-corrected chi connectivity index (χ3v) is 3.75. The molecule has 1 aliphatic heterocycles. The summed E-state index contributed by atoms with van der Waals surface area (Å²) in [5.74, 6) is -0.355. The molecule has 1 saturated heterocycles. The fourth-order valence-electron chi connectivity index (χ4n) is 1.62. The number of esters is 1. The molecule has 0 saturated carbocycles.